The molecule has 0 aliphatic carbocycles. The zero-order valence-electron chi connectivity index (χ0n) is 16.7. The standard InChI is InChI=1S/C21H24N6O3/c1-2-22-21(24-13-12-23-18-10-6-7-11-19(18)27(28)29)25-14-17-15-30-20(26-17)16-8-4-3-5-9-16/h3-11,15,23H,2,12-14H2,1H3,(H2,22,24,25). The number of guanidine groups is 1. The number of nitrogens with zero attached hydrogens (tertiary/aromatic N) is 3. The lowest BCUT2D eigenvalue weighted by atomic mass is 10.2. The second-order valence-corrected chi connectivity index (χ2v) is 6.33. The van der Waals surface area contributed by atoms with E-state index in [1.165, 1.54) is 6.07 Å². The van der Waals surface area contributed by atoms with Crippen LogP contribution in [0.3, 0.4) is 0 Å². The summed E-state index contributed by atoms with van der Waals surface area (Å²) in [6, 6.07) is 16.3. The highest BCUT2D eigenvalue weighted by molar-refractivity contribution is 5.79. The maximum atomic E-state index is 11.1. The number of aromatic nitrogens is 1. The van der Waals surface area contributed by atoms with Gasteiger partial charge in [-0.1, -0.05) is 30.3 Å². The van der Waals surface area contributed by atoms with Crippen molar-refractivity contribution in [3.05, 3.63) is 76.7 Å². The normalized spacial score (nSPS) is 11.2. The van der Waals surface area contributed by atoms with E-state index in [1.54, 1.807) is 24.5 Å². The van der Waals surface area contributed by atoms with Crippen LogP contribution in [-0.2, 0) is 6.54 Å². The van der Waals surface area contributed by atoms with Crippen molar-refractivity contribution in [3.8, 4) is 11.5 Å². The number of nitrogens with one attached hydrogen (secondary N) is 3. The van der Waals surface area contributed by atoms with Gasteiger partial charge in [-0.15, -0.1) is 0 Å². The average Bonchev–Trinajstić information content (AvgIpc) is 3.25. The quantitative estimate of drug-likeness (QED) is 0.163. The van der Waals surface area contributed by atoms with Crippen LogP contribution >= 0.6 is 0 Å². The van der Waals surface area contributed by atoms with Crippen molar-refractivity contribution < 1.29 is 9.34 Å². The molecule has 0 aliphatic rings. The van der Waals surface area contributed by atoms with E-state index in [4.69, 9.17) is 4.42 Å². The number of hydrogen-bond acceptors (Lipinski definition) is 6. The molecule has 0 amide bonds. The van der Waals surface area contributed by atoms with Gasteiger partial charge >= 0.3 is 0 Å². The highest BCUT2D eigenvalue weighted by Gasteiger charge is 2.11. The molecule has 0 aliphatic heterocycles. The number of benzene rings is 2. The molecule has 9 heteroatoms. The van der Waals surface area contributed by atoms with E-state index >= 15 is 0 Å². The second kappa shape index (κ2) is 10.6. The van der Waals surface area contributed by atoms with Gasteiger partial charge in [-0.05, 0) is 25.1 Å². The summed E-state index contributed by atoms with van der Waals surface area (Å²) in [6.07, 6.45) is 1.60. The van der Waals surface area contributed by atoms with Crippen LogP contribution < -0.4 is 16.0 Å². The number of nitro groups is 1. The van der Waals surface area contributed by atoms with Gasteiger partial charge in [-0.3, -0.25) is 10.1 Å². The fourth-order valence-electron chi connectivity index (χ4n) is 2.76. The van der Waals surface area contributed by atoms with Gasteiger partial charge in [0.1, 0.15) is 17.6 Å². The van der Waals surface area contributed by atoms with E-state index in [0.29, 0.717) is 43.7 Å². The van der Waals surface area contributed by atoms with Crippen LogP contribution in [0.1, 0.15) is 12.6 Å². The molecule has 156 valence electrons. The van der Waals surface area contributed by atoms with Crippen molar-refractivity contribution >= 4 is 17.3 Å². The van der Waals surface area contributed by atoms with Crippen molar-refractivity contribution in [3.63, 3.8) is 0 Å². The van der Waals surface area contributed by atoms with Crippen LogP contribution in [0.4, 0.5) is 11.4 Å². The third-order valence-corrected chi connectivity index (χ3v) is 4.15. The van der Waals surface area contributed by atoms with Crippen molar-refractivity contribution in [2.45, 2.75) is 13.5 Å². The molecule has 1 aromatic heterocycles. The number of anilines is 1. The summed E-state index contributed by atoms with van der Waals surface area (Å²) in [6.45, 7) is 4.08. The van der Waals surface area contributed by atoms with Crippen LogP contribution in [0.15, 0.2) is 70.3 Å². The maximum Gasteiger partial charge on any atom is 0.292 e. The Morgan fingerprint density at radius 1 is 1.10 bits per heavy atom. The molecule has 1 heterocycles. The summed E-state index contributed by atoms with van der Waals surface area (Å²) in [7, 11) is 0. The van der Waals surface area contributed by atoms with Crippen LogP contribution in [0.5, 0.6) is 0 Å². The third-order valence-electron chi connectivity index (χ3n) is 4.15. The second-order valence-electron chi connectivity index (χ2n) is 6.33. The summed E-state index contributed by atoms with van der Waals surface area (Å²) in [5.74, 6) is 1.19. The first kappa shape index (κ1) is 20.8. The van der Waals surface area contributed by atoms with Crippen LogP contribution in [0, 0.1) is 10.1 Å². The largest absolute Gasteiger partial charge is 0.444 e. The van der Waals surface area contributed by atoms with Crippen molar-refractivity contribution in [2.24, 2.45) is 4.99 Å². The molecule has 0 fully saturated rings. The summed E-state index contributed by atoms with van der Waals surface area (Å²) < 4.78 is 5.53. The molecule has 2 aromatic carbocycles. The Balaban J connectivity index is 1.53. The summed E-state index contributed by atoms with van der Waals surface area (Å²) >= 11 is 0. The fourth-order valence-corrected chi connectivity index (χ4v) is 2.76. The maximum absolute atomic E-state index is 11.1. The van der Waals surface area contributed by atoms with Gasteiger partial charge in [0, 0.05) is 31.3 Å². The Morgan fingerprint density at radius 2 is 1.87 bits per heavy atom. The van der Waals surface area contributed by atoms with Crippen LogP contribution in [0.25, 0.3) is 11.5 Å². The number of oxazole rings is 1. The molecular formula is C21H24N6O3. The average molecular weight is 408 g/mol. The lowest BCUT2D eigenvalue weighted by molar-refractivity contribution is -0.384. The predicted molar refractivity (Wildman–Crippen MR) is 116 cm³/mol. The molecule has 3 rings (SSSR count). The molecule has 0 saturated heterocycles. The fraction of sp³-hybridized carbons (Fsp3) is 0.238. The predicted octanol–water partition coefficient (Wildman–Crippen LogP) is 3.42. The van der Waals surface area contributed by atoms with Gasteiger partial charge in [-0.25, -0.2) is 9.98 Å². The smallest absolute Gasteiger partial charge is 0.292 e. The molecule has 0 unspecified atom stereocenters. The first-order valence-corrected chi connectivity index (χ1v) is 9.66. The SMILES string of the molecule is CCNC(=NCc1coc(-c2ccccc2)n1)NCCNc1ccccc1[N+](=O)[O-]. The minimum Gasteiger partial charge on any atom is -0.444 e. The topological polar surface area (TPSA) is 118 Å². The van der Waals surface area contributed by atoms with E-state index in [-0.39, 0.29) is 5.69 Å². The van der Waals surface area contributed by atoms with Crippen LogP contribution in [0.2, 0.25) is 0 Å². The third kappa shape index (κ3) is 5.81. The molecule has 0 atom stereocenters. The summed E-state index contributed by atoms with van der Waals surface area (Å²) in [5.41, 5.74) is 2.18. The van der Waals surface area contributed by atoms with Crippen molar-refractivity contribution in [1.29, 1.82) is 0 Å². The molecule has 0 saturated carbocycles. The van der Waals surface area contributed by atoms with E-state index in [9.17, 15) is 10.1 Å². The lowest BCUT2D eigenvalue weighted by Crippen LogP contribution is -2.39. The number of rotatable bonds is 9. The number of nitro benzene ring substituents is 1. The minimum atomic E-state index is -0.400. The Bertz CT molecular complexity index is 987. The van der Waals surface area contributed by atoms with Gasteiger partial charge in [0.2, 0.25) is 5.89 Å². The van der Waals surface area contributed by atoms with Crippen molar-refractivity contribution in [1.82, 2.24) is 15.6 Å². The van der Waals surface area contributed by atoms with E-state index < -0.39 is 4.92 Å². The zero-order chi connectivity index (χ0) is 21.2. The van der Waals surface area contributed by atoms with Crippen LogP contribution in [-0.4, -0.2) is 35.5 Å². The Morgan fingerprint density at radius 3 is 2.63 bits per heavy atom. The first-order valence-electron chi connectivity index (χ1n) is 9.66. The van der Waals surface area contributed by atoms with E-state index in [1.807, 2.05) is 37.3 Å². The van der Waals surface area contributed by atoms with Crippen molar-refractivity contribution in [2.75, 3.05) is 25.0 Å². The van der Waals surface area contributed by atoms with Gasteiger partial charge in [0.15, 0.2) is 5.96 Å². The van der Waals surface area contributed by atoms with Gasteiger partial charge in [0.25, 0.3) is 5.69 Å². The zero-order valence-corrected chi connectivity index (χ0v) is 16.7. The van der Waals surface area contributed by atoms with Gasteiger partial charge in [-0.2, -0.15) is 0 Å². The van der Waals surface area contributed by atoms with E-state index in [2.05, 4.69) is 25.9 Å². The molecule has 0 spiro atoms. The molecule has 0 bridgehead atoms. The molecule has 9 nitrogen and oxygen atoms in total. The molecule has 30 heavy (non-hydrogen) atoms. The van der Waals surface area contributed by atoms with E-state index in [0.717, 1.165) is 11.3 Å². The number of aliphatic imine (C=N–C) groups is 1. The Labute approximate surface area is 174 Å². The monoisotopic (exact) mass is 408 g/mol. The Hall–Kier alpha value is -3.88. The van der Waals surface area contributed by atoms with Gasteiger partial charge in [0.05, 0.1) is 11.5 Å². The molecule has 0 radical (unpaired) electrons. The molecule has 3 N–H and O–H groups in total. The molecular weight excluding hydrogens is 384 g/mol. The molecule has 3 aromatic rings. The Kier molecular flexibility index (Phi) is 7.37. The number of hydrogen-bond donors (Lipinski definition) is 3. The highest BCUT2D eigenvalue weighted by Crippen LogP contribution is 2.22. The minimum absolute atomic E-state index is 0.0540. The summed E-state index contributed by atoms with van der Waals surface area (Å²) in [4.78, 5) is 19.7. The highest BCUT2D eigenvalue weighted by atomic mass is 16.6. The number of para-hydroxylation sites is 2. The summed E-state index contributed by atoms with van der Waals surface area (Å²) in [5, 5.41) is 20.5. The van der Waals surface area contributed by atoms with Gasteiger partial charge < -0.3 is 20.4 Å². The first-order chi connectivity index (χ1) is 14.7. The lowest BCUT2D eigenvalue weighted by Gasteiger charge is -2.12.